The molecule has 6 nitrogen and oxygen atoms in total. The van der Waals surface area contributed by atoms with Crippen LogP contribution in [0.4, 0.5) is 0 Å². The number of methoxy groups -OCH3 is 1. The van der Waals surface area contributed by atoms with Crippen LogP contribution in [0.3, 0.4) is 0 Å². The lowest BCUT2D eigenvalue weighted by Crippen LogP contribution is -2.14. The van der Waals surface area contributed by atoms with Gasteiger partial charge in [0.25, 0.3) is 0 Å². The number of aryl methyl sites for hydroxylation is 2. The number of aromatic nitrogens is 4. The molecular formula is C19H20N4O2. The van der Waals surface area contributed by atoms with Gasteiger partial charge in [-0.2, -0.15) is 0 Å². The van der Waals surface area contributed by atoms with Crippen molar-refractivity contribution >= 4 is 22.6 Å². The second-order valence-electron chi connectivity index (χ2n) is 6.45. The van der Waals surface area contributed by atoms with E-state index in [4.69, 9.17) is 4.74 Å². The average Bonchev–Trinajstić information content (AvgIpc) is 3.15. The summed E-state index contributed by atoms with van der Waals surface area (Å²) in [6.45, 7) is 4.88. The molecule has 0 fully saturated rings. The quantitative estimate of drug-likeness (QED) is 0.690. The Morgan fingerprint density at radius 3 is 2.92 bits per heavy atom. The highest BCUT2D eigenvalue weighted by Gasteiger charge is 2.18. The molecule has 1 unspecified atom stereocenters. The summed E-state index contributed by atoms with van der Waals surface area (Å²) in [5.74, 6) is 0.856. The van der Waals surface area contributed by atoms with Gasteiger partial charge in [-0.25, -0.2) is 4.79 Å². The first kappa shape index (κ1) is 15.6. The van der Waals surface area contributed by atoms with Crippen LogP contribution < -0.4 is 0 Å². The number of rotatable bonds is 3. The van der Waals surface area contributed by atoms with Crippen molar-refractivity contribution in [2.75, 3.05) is 7.11 Å². The summed E-state index contributed by atoms with van der Waals surface area (Å²) < 4.78 is 9.21. The third kappa shape index (κ3) is 2.54. The number of carbonyl (C=O) groups is 1. The Morgan fingerprint density at radius 1 is 1.28 bits per heavy atom. The van der Waals surface area contributed by atoms with E-state index in [1.165, 1.54) is 12.8 Å². The third-order valence-corrected chi connectivity index (χ3v) is 4.80. The molecule has 0 bridgehead atoms. The van der Waals surface area contributed by atoms with Crippen molar-refractivity contribution in [3.63, 3.8) is 0 Å². The van der Waals surface area contributed by atoms with Gasteiger partial charge in [-0.1, -0.05) is 18.2 Å². The maximum Gasteiger partial charge on any atom is 0.337 e. The van der Waals surface area contributed by atoms with Crippen LogP contribution >= 0.6 is 0 Å². The minimum Gasteiger partial charge on any atom is -0.465 e. The fourth-order valence-electron chi connectivity index (χ4n) is 3.58. The first-order chi connectivity index (χ1) is 12.1. The fourth-order valence-corrected chi connectivity index (χ4v) is 3.58. The molecule has 0 aliphatic heterocycles. The molecule has 1 aliphatic carbocycles. The van der Waals surface area contributed by atoms with Crippen molar-refractivity contribution in [3.05, 3.63) is 53.5 Å². The van der Waals surface area contributed by atoms with Gasteiger partial charge in [0.2, 0.25) is 0 Å². The molecule has 0 radical (unpaired) electrons. The summed E-state index contributed by atoms with van der Waals surface area (Å²) in [4.78, 5) is 11.8. The molecule has 0 saturated carbocycles. The molecule has 1 aliphatic rings. The number of nitrogens with zero attached hydrogens (tertiary/aromatic N) is 4. The maximum atomic E-state index is 11.8. The van der Waals surface area contributed by atoms with E-state index in [0.29, 0.717) is 5.57 Å². The molecule has 6 heteroatoms. The second kappa shape index (κ2) is 5.88. The zero-order valence-corrected chi connectivity index (χ0v) is 14.6. The van der Waals surface area contributed by atoms with Crippen LogP contribution in [-0.2, 0) is 16.1 Å². The van der Waals surface area contributed by atoms with E-state index in [-0.39, 0.29) is 11.9 Å². The van der Waals surface area contributed by atoms with Gasteiger partial charge in [0.15, 0.2) is 5.65 Å². The Hall–Kier alpha value is -2.89. The summed E-state index contributed by atoms with van der Waals surface area (Å²) in [6, 6.07) is 6.26. The Labute approximate surface area is 145 Å². The van der Waals surface area contributed by atoms with Crippen molar-refractivity contribution in [3.8, 4) is 0 Å². The maximum absolute atomic E-state index is 11.8. The summed E-state index contributed by atoms with van der Waals surface area (Å²) >= 11 is 0. The fraction of sp³-hybridized carbons (Fsp3) is 0.316. The lowest BCUT2D eigenvalue weighted by molar-refractivity contribution is -0.135. The van der Waals surface area contributed by atoms with Gasteiger partial charge in [-0.05, 0) is 44.4 Å². The number of pyridine rings is 1. The van der Waals surface area contributed by atoms with Gasteiger partial charge in [0.1, 0.15) is 5.82 Å². The standard InChI is InChI=1S/C19H20N4O2/c1-12-9-17-16(7-8-18-21-20-13(2)23(17)18)22(12)11-14-5-4-6-15(10-14)19(24)25-3/h4,6-10,14H,5,11H2,1-3H3. The van der Waals surface area contributed by atoms with Gasteiger partial charge in [0, 0.05) is 12.2 Å². The molecule has 25 heavy (non-hydrogen) atoms. The number of hydrogen-bond donors (Lipinski definition) is 0. The van der Waals surface area contributed by atoms with Crippen LogP contribution in [-0.4, -0.2) is 32.2 Å². The first-order valence-electron chi connectivity index (χ1n) is 8.35. The Morgan fingerprint density at radius 2 is 2.12 bits per heavy atom. The van der Waals surface area contributed by atoms with Crippen LogP contribution in [0.2, 0.25) is 0 Å². The monoisotopic (exact) mass is 336 g/mol. The molecular weight excluding hydrogens is 316 g/mol. The molecule has 0 saturated heterocycles. The van der Waals surface area contributed by atoms with Crippen LogP contribution in [0.5, 0.6) is 0 Å². The van der Waals surface area contributed by atoms with Crippen molar-refractivity contribution in [1.82, 2.24) is 19.2 Å². The number of ether oxygens (including phenoxy) is 1. The van der Waals surface area contributed by atoms with Gasteiger partial charge in [0.05, 0.1) is 23.7 Å². The predicted molar refractivity (Wildman–Crippen MR) is 95.3 cm³/mol. The van der Waals surface area contributed by atoms with Gasteiger partial charge in [-0.3, -0.25) is 4.40 Å². The van der Waals surface area contributed by atoms with Crippen LogP contribution in [0.1, 0.15) is 17.9 Å². The van der Waals surface area contributed by atoms with Crippen LogP contribution in [0, 0.1) is 19.8 Å². The Bertz CT molecular complexity index is 1040. The molecule has 3 heterocycles. The zero-order valence-electron chi connectivity index (χ0n) is 14.6. The van der Waals surface area contributed by atoms with Crippen molar-refractivity contribution in [2.45, 2.75) is 26.8 Å². The molecule has 3 aromatic heterocycles. The van der Waals surface area contributed by atoms with E-state index in [2.05, 4.69) is 38.2 Å². The second-order valence-corrected chi connectivity index (χ2v) is 6.45. The summed E-state index contributed by atoms with van der Waals surface area (Å²) in [6.07, 6.45) is 6.81. The van der Waals surface area contributed by atoms with E-state index in [1.807, 2.05) is 31.2 Å². The Balaban J connectivity index is 1.75. The lowest BCUT2D eigenvalue weighted by Gasteiger charge is -2.18. The summed E-state index contributed by atoms with van der Waals surface area (Å²) in [7, 11) is 1.41. The Kier molecular flexibility index (Phi) is 3.67. The topological polar surface area (TPSA) is 61.4 Å². The number of hydrogen-bond acceptors (Lipinski definition) is 4. The van der Waals surface area contributed by atoms with Gasteiger partial charge < -0.3 is 9.30 Å². The van der Waals surface area contributed by atoms with Crippen molar-refractivity contribution < 1.29 is 9.53 Å². The minimum absolute atomic E-state index is 0.256. The average molecular weight is 336 g/mol. The third-order valence-electron chi connectivity index (χ3n) is 4.80. The van der Waals surface area contributed by atoms with E-state index in [0.717, 1.165) is 35.5 Å². The molecule has 3 aromatic rings. The largest absolute Gasteiger partial charge is 0.465 e. The number of carbonyl (C=O) groups excluding carboxylic acids is 1. The van der Waals surface area contributed by atoms with E-state index in [1.54, 1.807) is 0 Å². The first-order valence-corrected chi connectivity index (χ1v) is 8.35. The van der Waals surface area contributed by atoms with Crippen LogP contribution in [0.15, 0.2) is 42.0 Å². The molecule has 0 N–H and O–H groups in total. The minimum atomic E-state index is -0.281. The lowest BCUT2D eigenvalue weighted by atomic mass is 9.96. The number of allylic oxidation sites excluding steroid dienone is 2. The van der Waals surface area contributed by atoms with Gasteiger partial charge in [-0.15, -0.1) is 10.2 Å². The molecule has 128 valence electrons. The highest BCUT2D eigenvalue weighted by molar-refractivity contribution is 5.91. The zero-order chi connectivity index (χ0) is 17.6. The number of fused-ring (bicyclic) bond motifs is 3. The SMILES string of the molecule is COC(=O)C1=CC(Cn2c(C)cc3c2ccc2nnc(C)n23)CC=C1. The molecule has 0 aromatic carbocycles. The van der Waals surface area contributed by atoms with Crippen LogP contribution in [0.25, 0.3) is 16.7 Å². The highest BCUT2D eigenvalue weighted by Crippen LogP contribution is 2.26. The molecule has 0 spiro atoms. The molecule has 4 rings (SSSR count). The van der Waals surface area contributed by atoms with Gasteiger partial charge >= 0.3 is 5.97 Å². The van der Waals surface area contributed by atoms with Crippen molar-refractivity contribution in [2.24, 2.45) is 5.92 Å². The molecule has 1 atom stereocenters. The van der Waals surface area contributed by atoms with E-state index >= 15 is 0 Å². The summed E-state index contributed by atoms with van der Waals surface area (Å²) in [5.41, 5.74) is 4.93. The van der Waals surface area contributed by atoms with E-state index in [9.17, 15) is 4.79 Å². The molecule has 0 amide bonds. The smallest absolute Gasteiger partial charge is 0.337 e. The van der Waals surface area contributed by atoms with E-state index < -0.39 is 0 Å². The normalized spacial score (nSPS) is 17.2. The highest BCUT2D eigenvalue weighted by atomic mass is 16.5. The van der Waals surface area contributed by atoms with Crippen molar-refractivity contribution in [1.29, 1.82) is 0 Å². The number of esters is 1. The predicted octanol–water partition coefficient (Wildman–Crippen LogP) is 2.98. The summed E-state index contributed by atoms with van der Waals surface area (Å²) in [5, 5.41) is 8.37.